The first-order valence-corrected chi connectivity index (χ1v) is 8.02. The maximum atomic E-state index is 12.3. The molecule has 3 N–H and O–H groups in total. The van der Waals surface area contributed by atoms with Gasteiger partial charge in [-0.05, 0) is 12.3 Å². The van der Waals surface area contributed by atoms with Crippen molar-refractivity contribution in [2.45, 2.75) is 45.7 Å². The summed E-state index contributed by atoms with van der Waals surface area (Å²) in [6, 6.07) is -0.338. The molecule has 0 spiro atoms. The van der Waals surface area contributed by atoms with Crippen LogP contribution in [-0.2, 0) is 9.59 Å². The van der Waals surface area contributed by atoms with E-state index in [1.165, 1.54) is 0 Å². The van der Waals surface area contributed by atoms with Gasteiger partial charge < -0.3 is 16.0 Å². The molecule has 0 aromatic carbocycles. The molecule has 0 radical (unpaired) electrons. The molecular formula is C13H25N3O2S. The minimum atomic E-state index is -0.335. The highest BCUT2D eigenvalue weighted by Gasteiger charge is 2.34. The van der Waals surface area contributed by atoms with E-state index in [0.717, 1.165) is 6.42 Å². The Morgan fingerprint density at radius 1 is 1.47 bits per heavy atom. The van der Waals surface area contributed by atoms with Crippen LogP contribution in [-0.4, -0.2) is 47.0 Å². The fraction of sp³-hybridized carbons (Fsp3) is 0.846. The monoisotopic (exact) mass is 287 g/mol. The van der Waals surface area contributed by atoms with Gasteiger partial charge in [0.15, 0.2) is 0 Å². The average molecular weight is 287 g/mol. The molecule has 2 amide bonds. The average Bonchev–Trinajstić information content (AvgIpc) is 2.85. The third kappa shape index (κ3) is 4.69. The molecule has 0 aliphatic carbocycles. The van der Waals surface area contributed by atoms with Crippen molar-refractivity contribution in [2.24, 2.45) is 11.7 Å². The third-order valence-corrected chi connectivity index (χ3v) is 4.21. The second kappa shape index (κ2) is 7.75. The van der Waals surface area contributed by atoms with E-state index in [4.69, 9.17) is 5.73 Å². The molecule has 19 heavy (non-hydrogen) atoms. The highest BCUT2D eigenvalue weighted by molar-refractivity contribution is 7.99. The lowest BCUT2D eigenvalue weighted by Crippen LogP contribution is -2.51. The highest BCUT2D eigenvalue weighted by Crippen LogP contribution is 2.22. The summed E-state index contributed by atoms with van der Waals surface area (Å²) in [6.07, 6.45) is 1.31. The van der Waals surface area contributed by atoms with Crippen LogP contribution in [0.5, 0.6) is 0 Å². The van der Waals surface area contributed by atoms with Gasteiger partial charge in [0.2, 0.25) is 11.8 Å². The summed E-state index contributed by atoms with van der Waals surface area (Å²) >= 11 is 1.62. The molecule has 110 valence electrons. The lowest BCUT2D eigenvalue weighted by Gasteiger charge is -2.26. The normalized spacial score (nSPS) is 20.7. The van der Waals surface area contributed by atoms with Crippen molar-refractivity contribution in [3.05, 3.63) is 0 Å². The SMILES string of the molecule is CCC(=O)N1CSCC1C(=O)NC(CN)CC(C)C. The Kier molecular flexibility index (Phi) is 6.65. The van der Waals surface area contributed by atoms with Crippen LogP contribution in [0.1, 0.15) is 33.6 Å². The molecule has 1 heterocycles. The van der Waals surface area contributed by atoms with Crippen molar-refractivity contribution in [1.82, 2.24) is 10.2 Å². The summed E-state index contributed by atoms with van der Waals surface area (Å²) in [7, 11) is 0. The number of rotatable bonds is 6. The summed E-state index contributed by atoms with van der Waals surface area (Å²) in [5.74, 6) is 1.75. The van der Waals surface area contributed by atoms with E-state index in [1.54, 1.807) is 16.7 Å². The van der Waals surface area contributed by atoms with E-state index >= 15 is 0 Å². The van der Waals surface area contributed by atoms with Gasteiger partial charge in [0.1, 0.15) is 6.04 Å². The molecule has 0 aromatic heterocycles. The molecule has 1 fully saturated rings. The predicted molar refractivity (Wildman–Crippen MR) is 78.7 cm³/mol. The van der Waals surface area contributed by atoms with Crippen LogP contribution in [0.4, 0.5) is 0 Å². The van der Waals surface area contributed by atoms with E-state index in [2.05, 4.69) is 19.2 Å². The summed E-state index contributed by atoms with van der Waals surface area (Å²) in [6.45, 7) is 6.47. The zero-order valence-corrected chi connectivity index (χ0v) is 12.8. The van der Waals surface area contributed by atoms with Gasteiger partial charge in [0, 0.05) is 24.8 Å². The Morgan fingerprint density at radius 3 is 2.68 bits per heavy atom. The number of amides is 2. The molecule has 1 aliphatic heterocycles. The van der Waals surface area contributed by atoms with E-state index in [9.17, 15) is 9.59 Å². The Balaban J connectivity index is 2.58. The van der Waals surface area contributed by atoms with Crippen LogP contribution < -0.4 is 11.1 Å². The van der Waals surface area contributed by atoms with Crippen LogP contribution >= 0.6 is 11.8 Å². The van der Waals surface area contributed by atoms with Gasteiger partial charge in [-0.25, -0.2) is 0 Å². The fourth-order valence-corrected chi connectivity index (χ4v) is 3.37. The number of nitrogens with two attached hydrogens (primary N) is 1. The molecule has 1 saturated heterocycles. The van der Waals surface area contributed by atoms with Crippen LogP contribution in [0.25, 0.3) is 0 Å². The predicted octanol–water partition coefficient (Wildman–Crippen LogP) is 0.788. The molecule has 6 heteroatoms. The van der Waals surface area contributed by atoms with Gasteiger partial charge in [-0.2, -0.15) is 0 Å². The van der Waals surface area contributed by atoms with Gasteiger partial charge in [0.25, 0.3) is 0 Å². The van der Waals surface area contributed by atoms with Crippen molar-refractivity contribution < 1.29 is 9.59 Å². The van der Waals surface area contributed by atoms with Gasteiger partial charge in [0.05, 0.1) is 5.88 Å². The number of thioether (sulfide) groups is 1. The van der Waals surface area contributed by atoms with Crippen LogP contribution in [0.2, 0.25) is 0 Å². The number of carbonyl (C=O) groups excluding carboxylic acids is 2. The topological polar surface area (TPSA) is 75.4 Å². The molecule has 0 bridgehead atoms. The minimum absolute atomic E-state index is 0.00308. The fourth-order valence-electron chi connectivity index (χ4n) is 2.19. The lowest BCUT2D eigenvalue weighted by atomic mass is 10.0. The zero-order valence-electron chi connectivity index (χ0n) is 12.0. The van der Waals surface area contributed by atoms with Crippen molar-refractivity contribution in [2.75, 3.05) is 18.2 Å². The van der Waals surface area contributed by atoms with E-state index < -0.39 is 0 Å². The highest BCUT2D eigenvalue weighted by atomic mass is 32.2. The third-order valence-electron chi connectivity index (χ3n) is 3.19. The molecule has 5 nitrogen and oxygen atoms in total. The van der Waals surface area contributed by atoms with Crippen molar-refractivity contribution in [3.8, 4) is 0 Å². The molecule has 0 aromatic rings. The van der Waals surface area contributed by atoms with Gasteiger partial charge >= 0.3 is 0 Å². The quantitative estimate of drug-likeness (QED) is 0.757. The van der Waals surface area contributed by atoms with Gasteiger partial charge in [-0.3, -0.25) is 9.59 Å². The zero-order chi connectivity index (χ0) is 14.4. The first-order chi connectivity index (χ1) is 8.99. The van der Waals surface area contributed by atoms with Crippen molar-refractivity contribution in [1.29, 1.82) is 0 Å². The lowest BCUT2D eigenvalue weighted by molar-refractivity contribution is -0.138. The van der Waals surface area contributed by atoms with E-state index in [0.29, 0.717) is 30.5 Å². The summed E-state index contributed by atoms with van der Waals surface area (Å²) < 4.78 is 0. The minimum Gasteiger partial charge on any atom is -0.350 e. The molecule has 2 atom stereocenters. The summed E-state index contributed by atoms with van der Waals surface area (Å²) in [4.78, 5) is 25.7. The number of hydrogen-bond donors (Lipinski definition) is 2. The van der Waals surface area contributed by atoms with Crippen LogP contribution in [0.15, 0.2) is 0 Å². The van der Waals surface area contributed by atoms with Crippen LogP contribution in [0, 0.1) is 5.92 Å². The molecule has 1 aliphatic rings. The summed E-state index contributed by atoms with van der Waals surface area (Å²) in [5.41, 5.74) is 5.69. The molecule has 2 unspecified atom stereocenters. The number of nitrogens with zero attached hydrogens (tertiary/aromatic N) is 1. The molecule has 1 rings (SSSR count). The van der Waals surface area contributed by atoms with E-state index in [-0.39, 0.29) is 23.9 Å². The first-order valence-electron chi connectivity index (χ1n) is 6.87. The number of hydrogen-bond acceptors (Lipinski definition) is 4. The Morgan fingerprint density at radius 2 is 2.16 bits per heavy atom. The van der Waals surface area contributed by atoms with Gasteiger partial charge in [-0.15, -0.1) is 11.8 Å². The van der Waals surface area contributed by atoms with Crippen molar-refractivity contribution in [3.63, 3.8) is 0 Å². The van der Waals surface area contributed by atoms with Crippen LogP contribution in [0.3, 0.4) is 0 Å². The largest absolute Gasteiger partial charge is 0.350 e. The summed E-state index contributed by atoms with van der Waals surface area (Å²) in [5, 5.41) is 2.98. The second-order valence-electron chi connectivity index (χ2n) is 5.30. The van der Waals surface area contributed by atoms with Gasteiger partial charge in [-0.1, -0.05) is 20.8 Å². The number of carbonyl (C=O) groups is 2. The first kappa shape index (κ1) is 16.3. The van der Waals surface area contributed by atoms with Crippen molar-refractivity contribution >= 4 is 23.6 Å². The Bertz CT molecular complexity index is 323. The molecule has 0 saturated carbocycles. The standard InChI is InChI=1S/C13H25N3O2S/c1-4-12(17)16-8-19-7-11(16)13(18)15-10(6-14)5-9(2)3/h9-11H,4-8,14H2,1-3H3,(H,15,18). The molecular weight excluding hydrogens is 262 g/mol. The Labute approximate surface area is 119 Å². The van der Waals surface area contributed by atoms with E-state index in [1.807, 2.05) is 6.92 Å². The number of nitrogens with one attached hydrogen (secondary N) is 1. The maximum absolute atomic E-state index is 12.3. The maximum Gasteiger partial charge on any atom is 0.243 e. The second-order valence-corrected chi connectivity index (χ2v) is 6.30. The Hall–Kier alpha value is -0.750. The smallest absolute Gasteiger partial charge is 0.243 e.